The zero-order chi connectivity index (χ0) is 9.40. The molecule has 0 atom stereocenters. The van der Waals surface area contributed by atoms with E-state index in [1.165, 1.54) is 0 Å². The second-order valence-electron chi connectivity index (χ2n) is 2.35. The highest BCUT2D eigenvalue weighted by Gasteiger charge is 2.04. The molecule has 3 nitrogen and oxygen atoms in total. The van der Waals surface area contributed by atoms with Crippen LogP contribution in [0.4, 0.5) is 0 Å². The van der Waals surface area contributed by atoms with Gasteiger partial charge in [0, 0.05) is 12.4 Å². The van der Waals surface area contributed by atoms with E-state index in [0.717, 1.165) is 5.57 Å². The van der Waals surface area contributed by atoms with E-state index in [0.29, 0.717) is 12.4 Å². The number of nitriles is 2. The summed E-state index contributed by atoms with van der Waals surface area (Å²) in [6.07, 6.45) is 0. The third-order valence-corrected chi connectivity index (χ3v) is 1.60. The van der Waals surface area contributed by atoms with Gasteiger partial charge in [-0.3, -0.25) is 4.90 Å². The van der Waals surface area contributed by atoms with Gasteiger partial charge in [-0.1, -0.05) is 6.58 Å². The van der Waals surface area contributed by atoms with Crippen LogP contribution in [0, 0.1) is 22.7 Å². The minimum absolute atomic E-state index is 0.240. The molecule has 0 heterocycles. The van der Waals surface area contributed by atoms with Gasteiger partial charge in [0.15, 0.2) is 0 Å². The van der Waals surface area contributed by atoms with E-state index in [-0.39, 0.29) is 13.1 Å². The molecule has 0 aliphatic rings. The normalized spacial score (nSPS) is 9.00. The largest absolute Gasteiger partial charge is 0.273 e. The van der Waals surface area contributed by atoms with Crippen molar-refractivity contribution in [3.8, 4) is 12.1 Å². The summed E-state index contributed by atoms with van der Waals surface area (Å²) in [5.41, 5.74) is 0.821. The average Bonchev–Trinajstić information content (AvgIpc) is 2.05. The van der Waals surface area contributed by atoms with E-state index < -0.39 is 0 Å². The van der Waals surface area contributed by atoms with E-state index in [2.05, 4.69) is 6.58 Å². The summed E-state index contributed by atoms with van der Waals surface area (Å²) >= 11 is 5.50. The van der Waals surface area contributed by atoms with E-state index in [1.54, 1.807) is 4.90 Å². The van der Waals surface area contributed by atoms with Gasteiger partial charge in [-0.05, 0) is 5.57 Å². The Morgan fingerprint density at radius 3 is 2.17 bits per heavy atom. The molecule has 0 saturated carbocycles. The molecule has 0 fully saturated rings. The standard InChI is InChI=1S/C8H10ClN3/c1-8(6-9)7-12(4-2-10)5-3-11/h1,4-7H2. The SMILES string of the molecule is C=C(CCl)CN(CC#N)CC#N. The van der Waals surface area contributed by atoms with Gasteiger partial charge in [-0.25, -0.2) is 0 Å². The van der Waals surface area contributed by atoms with Crippen LogP contribution in [-0.4, -0.2) is 30.4 Å². The minimum Gasteiger partial charge on any atom is -0.273 e. The van der Waals surface area contributed by atoms with Crippen LogP contribution in [0.2, 0.25) is 0 Å². The van der Waals surface area contributed by atoms with Crippen LogP contribution in [0.5, 0.6) is 0 Å². The van der Waals surface area contributed by atoms with Crippen molar-refractivity contribution in [1.82, 2.24) is 4.90 Å². The Balaban J connectivity index is 3.89. The maximum Gasteiger partial charge on any atom is 0.0877 e. The van der Waals surface area contributed by atoms with E-state index in [9.17, 15) is 0 Å². The van der Waals surface area contributed by atoms with Crippen LogP contribution in [0.3, 0.4) is 0 Å². The maximum atomic E-state index is 8.39. The Morgan fingerprint density at radius 2 is 1.83 bits per heavy atom. The van der Waals surface area contributed by atoms with Gasteiger partial charge in [0.2, 0.25) is 0 Å². The molecule has 0 rings (SSSR count). The van der Waals surface area contributed by atoms with Crippen molar-refractivity contribution < 1.29 is 0 Å². The second kappa shape index (κ2) is 6.67. The zero-order valence-electron chi connectivity index (χ0n) is 6.76. The first-order valence-electron chi connectivity index (χ1n) is 3.43. The summed E-state index contributed by atoms with van der Waals surface area (Å²) in [6.45, 7) is 4.68. The van der Waals surface area contributed by atoms with Gasteiger partial charge in [0.05, 0.1) is 25.2 Å². The lowest BCUT2D eigenvalue weighted by atomic mass is 10.3. The molecule has 0 aromatic heterocycles. The van der Waals surface area contributed by atoms with Crippen LogP contribution >= 0.6 is 11.6 Å². The van der Waals surface area contributed by atoms with Gasteiger partial charge in [0.1, 0.15) is 0 Å². The van der Waals surface area contributed by atoms with Gasteiger partial charge in [-0.2, -0.15) is 10.5 Å². The number of halogens is 1. The van der Waals surface area contributed by atoms with Crippen molar-refractivity contribution in [2.75, 3.05) is 25.5 Å². The molecule has 0 radical (unpaired) electrons. The summed E-state index contributed by atoms with van der Waals surface area (Å²) in [7, 11) is 0. The van der Waals surface area contributed by atoms with Crippen molar-refractivity contribution >= 4 is 11.6 Å². The quantitative estimate of drug-likeness (QED) is 0.365. The first-order chi connectivity index (χ1) is 5.74. The average molecular weight is 184 g/mol. The van der Waals surface area contributed by atoms with Crippen molar-refractivity contribution in [2.45, 2.75) is 0 Å². The van der Waals surface area contributed by atoms with Crippen molar-refractivity contribution in [3.63, 3.8) is 0 Å². The van der Waals surface area contributed by atoms with Gasteiger partial charge in [-0.15, -0.1) is 11.6 Å². The Labute approximate surface area is 77.5 Å². The number of rotatable bonds is 5. The molecule has 0 aliphatic carbocycles. The molecule has 0 aliphatic heterocycles. The molecule has 0 saturated heterocycles. The monoisotopic (exact) mass is 183 g/mol. The highest BCUT2D eigenvalue weighted by Crippen LogP contribution is 1.98. The predicted octanol–water partition coefficient (Wildman–Crippen LogP) is 1.13. The molecule has 64 valence electrons. The van der Waals surface area contributed by atoms with E-state index in [1.807, 2.05) is 12.1 Å². The third-order valence-electron chi connectivity index (χ3n) is 1.22. The van der Waals surface area contributed by atoms with Gasteiger partial charge >= 0.3 is 0 Å². The first kappa shape index (κ1) is 11.0. The molecular formula is C8H10ClN3. The number of nitrogens with zero attached hydrogens (tertiary/aromatic N) is 3. The first-order valence-corrected chi connectivity index (χ1v) is 3.97. The summed E-state index contributed by atoms with van der Waals surface area (Å²) in [4.78, 5) is 1.69. The lowest BCUT2D eigenvalue weighted by Crippen LogP contribution is -2.26. The van der Waals surface area contributed by atoms with Crippen LogP contribution in [-0.2, 0) is 0 Å². The minimum atomic E-state index is 0.240. The number of alkyl halides is 1. The lowest BCUT2D eigenvalue weighted by molar-refractivity contribution is 0.373. The number of hydrogen-bond acceptors (Lipinski definition) is 3. The molecule has 0 N–H and O–H groups in total. The molecule has 0 aromatic carbocycles. The highest BCUT2D eigenvalue weighted by molar-refractivity contribution is 6.19. The molecule has 0 unspecified atom stereocenters. The van der Waals surface area contributed by atoms with E-state index >= 15 is 0 Å². The predicted molar refractivity (Wildman–Crippen MR) is 47.5 cm³/mol. The third kappa shape index (κ3) is 4.73. The fourth-order valence-electron chi connectivity index (χ4n) is 0.726. The van der Waals surface area contributed by atoms with Crippen LogP contribution < -0.4 is 0 Å². The van der Waals surface area contributed by atoms with Gasteiger partial charge in [0.25, 0.3) is 0 Å². The van der Waals surface area contributed by atoms with Crippen molar-refractivity contribution in [3.05, 3.63) is 12.2 Å². The topological polar surface area (TPSA) is 50.8 Å². The van der Waals surface area contributed by atoms with Crippen molar-refractivity contribution in [2.24, 2.45) is 0 Å². The van der Waals surface area contributed by atoms with Gasteiger partial charge < -0.3 is 0 Å². The summed E-state index contributed by atoms with van der Waals surface area (Å²) < 4.78 is 0. The molecule has 4 heteroatoms. The zero-order valence-corrected chi connectivity index (χ0v) is 7.51. The fraction of sp³-hybridized carbons (Fsp3) is 0.500. The lowest BCUT2D eigenvalue weighted by Gasteiger charge is -2.14. The molecule has 12 heavy (non-hydrogen) atoms. The maximum absolute atomic E-state index is 8.39. The van der Waals surface area contributed by atoms with Crippen LogP contribution in [0.1, 0.15) is 0 Å². The van der Waals surface area contributed by atoms with Crippen molar-refractivity contribution in [1.29, 1.82) is 10.5 Å². The molecular weight excluding hydrogens is 174 g/mol. The molecule has 0 spiro atoms. The summed E-state index contributed by atoms with van der Waals surface area (Å²) in [5, 5.41) is 16.8. The summed E-state index contributed by atoms with van der Waals surface area (Å²) in [6, 6.07) is 3.95. The second-order valence-corrected chi connectivity index (χ2v) is 2.61. The van der Waals surface area contributed by atoms with Crippen LogP contribution in [0.15, 0.2) is 12.2 Å². The summed E-state index contributed by atoms with van der Waals surface area (Å²) in [5.74, 6) is 0.368. The molecule has 0 aromatic rings. The Morgan fingerprint density at radius 1 is 1.33 bits per heavy atom. The highest BCUT2D eigenvalue weighted by atomic mass is 35.5. The number of hydrogen-bond donors (Lipinski definition) is 0. The smallest absolute Gasteiger partial charge is 0.0877 e. The Kier molecular flexibility index (Phi) is 6.09. The Bertz CT molecular complexity index is 207. The fourth-order valence-corrected chi connectivity index (χ4v) is 0.811. The van der Waals surface area contributed by atoms with E-state index in [4.69, 9.17) is 22.1 Å². The molecule has 0 bridgehead atoms. The molecule has 0 amide bonds. The Hall–Kier alpha value is -1.03. The van der Waals surface area contributed by atoms with Crippen LogP contribution in [0.25, 0.3) is 0 Å².